The highest BCUT2D eigenvalue weighted by Crippen LogP contribution is 2.54. The number of rotatable bonds is 7. The molecule has 2 unspecified atom stereocenters. The molecule has 1 saturated carbocycles. The molecule has 0 aliphatic heterocycles. The summed E-state index contributed by atoms with van der Waals surface area (Å²) < 4.78 is 14.5. The number of halogens is 1. The van der Waals surface area contributed by atoms with E-state index >= 15 is 0 Å². The lowest BCUT2D eigenvalue weighted by Crippen LogP contribution is -2.14. The molecule has 6 heteroatoms. The molecule has 1 aromatic heterocycles. The van der Waals surface area contributed by atoms with Crippen LogP contribution in [0.4, 0.5) is 4.39 Å². The van der Waals surface area contributed by atoms with E-state index in [1.807, 2.05) is 19.1 Å². The van der Waals surface area contributed by atoms with Gasteiger partial charge in [-0.1, -0.05) is 31.2 Å². The minimum absolute atomic E-state index is 0.00556. The standard InChI is InChI=1S/C30H31FN2O3/c1-18(8-12-34)28(36)21-3-5-26-23(13-21)14-22(7-9-30(26)10-11-30)29-32-16-24(17-33-29)25-15-20(19(2)35)4-6-27(25)31/h3-7,13,15-19,34-35H,8-12,14H2,1-2H3. The van der Waals surface area contributed by atoms with Crippen molar-refractivity contribution in [3.05, 3.63) is 88.8 Å². The highest BCUT2D eigenvalue weighted by Gasteiger charge is 2.45. The van der Waals surface area contributed by atoms with Gasteiger partial charge >= 0.3 is 0 Å². The van der Waals surface area contributed by atoms with E-state index in [4.69, 9.17) is 0 Å². The van der Waals surface area contributed by atoms with E-state index in [2.05, 4.69) is 22.1 Å². The average Bonchev–Trinajstić information content (AvgIpc) is 3.69. The first-order chi connectivity index (χ1) is 17.3. The summed E-state index contributed by atoms with van der Waals surface area (Å²) in [6.07, 6.45) is 8.99. The van der Waals surface area contributed by atoms with Gasteiger partial charge in [-0.2, -0.15) is 0 Å². The van der Waals surface area contributed by atoms with Crippen molar-refractivity contribution in [2.24, 2.45) is 5.92 Å². The molecule has 1 heterocycles. The Bertz CT molecular complexity index is 1330. The molecule has 0 amide bonds. The summed E-state index contributed by atoms with van der Waals surface area (Å²) in [7, 11) is 0. The molecule has 5 rings (SSSR count). The number of ketones is 1. The molecule has 186 valence electrons. The first kappa shape index (κ1) is 24.5. The molecule has 1 spiro atoms. The zero-order valence-electron chi connectivity index (χ0n) is 20.7. The van der Waals surface area contributed by atoms with E-state index < -0.39 is 6.10 Å². The number of carbonyl (C=O) groups is 1. The lowest BCUT2D eigenvalue weighted by atomic mass is 9.86. The molecule has 2 atom stereocenters. The van der Waals surface area contributed by atoms with E-state index in [1.54, 1.807) is 31.5 Å². The van der Waals surface area contributed by atoms with Crippen LogP contribution in [-0.4, -0.2) is 32.6 Å². The Kier molecular flexibility index (Phi) is 6.58. The third kappa shape index (κ3) is 4.63. The number of benzene rings is 2. The number of aliphatic hydroxyl groups excluding tert-OH is 2. The third-order valence-electron chi connectivity index (χ3n) is 7.67. The summed E-state index contributed by atoms with van der Waals surface area (Å²) in [5.74, 6) is 0.0300. The summed E-state index contributed by atoms with van der Waals surface area (Å²) in [5, 5.41) is 19.1. The van der Waals surface area contributed by atoms with Crippen LogP contribution in [0.5, 0.6) is 0 Å². The number of carbonyl (C=O) groups excluding carboxylic acids is 1. The van der Waals surface area contributed by atoms with Crippen molar-refractivity contribution in [1.82, 2.24) is 9.97 Å². The number of nitrogens with zero attached hydrogens (tertiary/aromatic N) is 2. The minimum Gasteiger partial charge on any atom is -0.396 e. The van der Waals surface area contributed by atoms with E-state index in [0.717, 1.165) is 30.4 Å². The van der Waals surface area contributed by atoms with Gasteiger partial charge in [0.2, 0.25) is 0 Å². The van der Waals surface area contributed by atoms with Crippen molar-refractivity contribution in [2.45, 2.75) is 57.5 Å². The summed E-state index contributed by atoms with van der Waals surface area (Å²) in [6, 6.07) is 10.6. The van der Waals surface area contributed by atoms with Crippen LogP contribution in [0.1, 0.15) is 78.5 Å². The van der Waals surface area contributed by atoms with E-state index in [1.165, 1.54) is 11.6 Å². The molecule has 2 N–H and O–H groups in total. The van der Waals surface area contributed by atoms with Gasteiger partial charge in [-0.25, -0.2) is 14.4 Å². The number of aromatic nitrogens is 2. The molecular formula is C30H31FN2O3. The fourth-order valence-corrected chi connectivity index (χ4v) is 5.18. The van der Waals surface area contributed by atoms with Gasteiger partial charge in [-0.15, -0.1) is 0 Å². The predicted molar refractivity (Wildman–Crippen MR) is 137 cm³/mol. The van der Waals surface area contributed by atoms with Crippen LogP contribution in [0.15, 0.2) is 54.9 Å². The van der Waals surface area contributed by atoms with Crippen molar-refractivity contribution in [1.29, 1.82) is 0 Å². The Morgan fingerprint density at radius 1 is 1.11 bits per heavy atom. The molecule has 2 aromatic carbocycles. The normalized spacial score (nSPS) is 17.6. The summed E-state index contributed by atoms with van der Waals surface area (Å²) in [4.78, 5) is 22.1. The number of hydrogen-bond acceptors (Lipinski definition) is 5. The molecule has 0 saturated heterocycles. The van der Waals surface area contributed by atoms with Crippen molar-refractivity contribution < 1.29 is 19.4 Å². The largest absolute Gasteiger partial charge is 0.396 e. The first-order valence-electron chi connectivity index (χ1n) is 12.6. The second-order valence-corrected chi connectivity index (χ2v) is 10.3. The molecule has 1 fully saturated rings. The average molecular weight is 487 g/mol. The SMILES string of the molecule is CC(CCO)C(=O)c1ccc2c(c1)CC(c1ncc(-c3cc(C(C)O)ccc3F)cn1)=CCC21CC1. The van der Waals surface area contributed by atoms with Crippen molar-refractivity contribution in [3.8, 4) is 11.1 Å². The Balaban J connectivity index is 1.45. The zero-order valence-corrected chi connectivity index (χ0v) is 20.7. The topological polar surface area (TPSA) is 83.3 Å². The third-order valence-corrected chi connectivity index (χ3v) is 7.67. The van der Waals surface area contributed by atoms with Crippen LogP contribution < -0.4 is 0 Å². The van der Waals surface area contributed by atoms with Gasteiger partial charge < -0.3 is 10.2 Å². The van der Waals surface area contributed by atoms with E-state index in [0.29, 0.717) is 40.9 Å². The van der Waals surface area contributed by atoms with Crippen LogP contribution in [0.2, 0.25) is 0 Å². The molecule has 2 aliphatic carbocycles. The summed E-state index contributed by atoms with van der Waals surface area (Å²) in [5.41, 5.74) is 5.77. The number of fused-ring (bicyclic) bond motifs is 2. The summed E-state index contributed by atoms with van der Waals surface area (Å²) in [6.45, 7) is 3.49. The van der Waals surface area contributed by atoms with Crippen molar-refractivity contribution in [2.75, 3.05) is 6.61 Å². The van der Waals surface area contributed by atoms with E-state index in [9.17, 15) is 19.4 Å². The van der Waals surface area contributed by atoms with Crippen LogP contribution in [-0.2, 0) is 11.8 Å². The van der Waals surface area contributed by atoms with E-state index in [-0.39, 0.29) is 29.5 Å². The van der Waals surface area contributed by atoms with Crippen LogP contribution in [0, 0.1) is 11.7 Å². The van der Waals surface area contributed by atoms with Crippen LogP contribution in [0.25, 0.3) is 16.7 Å². The molecule has 0 bridgehead atoms. The summed E-state index contributed by atoms with van der Waals surface area (Å²) >= 11 is 0. The van der Waals surface area contributed by atoms with Crippen LogP contribution >= 0.6 is 0 Å². The predicted octanol–water partition coefficient (Wildman–Crippen LogP) is 5.60. The quantitative estimate of drug-likeness (QED) is 0.425. The smallest absolute Gasteiger partial charge is 0.165 e. The Labute approximate surface area is 210 Å². The van der Waals surface area contributed by atoms with Gasteiger partial charge in [-0.3, -0.25) is 4.79 Å². The zero-order chi connectivity index (χ0) is 25.4. The minimum atomic E-state index is -0.695. The van der Waals surface area contributed by atoms with Gasteiger partial charge in [0.1, 0.15) is 5.82 Å². The lowest BCUT2D eigenvalue weighted by Gasteiger charge is -2.18. The number of allylic oxidation sites excluding steroid dienone is 2. The lowest BCUT2D eigenvalue weighted by molar-refractivity contribution is 0.0908. The fraction of sp³-hybridized carbons (Fsp3) is 0.367. The fourth-order valence-electron chi connectivity index (χ4n) is 5.18. The molecule has 2 aliphatic rings. The van der Waals surface area contributed by atoms with Gasteiger partial charge in [0.25, 0.3) is 0 Å². The number of Topliss-reactive ketones (excluding diaryl/α,β-unsaturated/α-hetero) is 1. The highest BCUT2D eigenvalue weighted by molar-refractivity contribution is 5.98. The molecule has 5 nitrogen and oxygen atoms in total. The maximum absolute atomic E-state index is 14.5. The van der Waals surface area contributed by atoms with Crippen molar-refractivity contribution in [3.63, 3.8) is 0 Å². The Hall–Kier alpha value is -3.22. The van der Waals surface area contributed by atoms with Gasteiger partial charge in [0.15, 0.2) is 11.6 Å². The second kappa shape index (κ2) is 9.68. The number of hydrogen-bond donors (Lipinski definition) is 2. The van der Waals surface area contributed by atoms with Crippen molar-refractivity contribution >= 4 is 11.4 Å². The maximum atomic E-state index is 14.5. The first-order valence-corrected chi connectivity index (χ1v) is 12.6. The second-order valence-electron chi connectivity index (χ2n) is 10.3. The maximum Gasteiger partial charge on any atom is 0.165 e. The Morgan fingerprint density at radius 2 is 1.86 bits per heavy atom. The number of aliphatic hydroxyl groups is 2. The van der Waals surface area contributed by atoms with Gasteiger partial charge in [0, 0.05) is 48.0 Å². The monoisotopic (exact) mass is 486 g/mol. The molecule has 36 heavy (non-hydrogen) atoms. The van der Waals surface area contributed by atoms with Crippen LogP contribution in [0.3, 0.4) is 0 Å². The Morgan fingerprint density at radius 3 is 2.53 bits per heavy atom. The van der Waals surface area contributed by atoms with Gasteiger partial charge in [-0.05, 0) is 78.5 Å². The molecular weight excluding hydrogens is 455 g/mol. The van der Waals surface area contributed by atoms with Gasteiger partial charge in [0.05, 0.1) is 6.10 Å². The molecule has 3 aromatic rings. The molecule has 0 radical (unpaired) electrons. The highest BCUT2D eigenvalue weighted by atomic mass is 19.1.